The van der Waals surface area contributed by atoms with Gasteiger partial charge in [0, 0.05) is 12.1 Å². The van der Waals surface area contributed by atoms with Crippen molar-refractivity contribution in [2.24, 2.45) is 5.84 Å². The molecule has 0 saturated heterocycles. The molecule has 0 aliphatic rings. The van der Waals surface area contributed by atoms with E-state index >= 15 is 0 Å². The maximum atomic E-state index is 12.8. The molecule has 0 aromatic carbocycles. The van der Waals surface area contributed by atoms with Crippen LogP contribution in [0, 0.1) is 0 Å². The molecule has 0 fully saturated rings. The molecule has 120 valence electrons. The van der Waals surface area contributed by atoms with Crippen LogP contribution in [-0.2, 0) is 6.18 Å². The number of hydrazine groups is 1. The first-order valence-corrected chi connectivity index (χ1v) is 7.10. The van der Waals surface area contributed by atoms with Gasteiger partial charge in [0.05, 0.1) is 0 Å². The summed E-state index contributed by atoms with van der Waals surface area (Å²) in [4.78, 5) is 6.87. The Kier molecular flexibility index (Phi) is 6.67. The van der Waals surface area contributed by atoms with Crippen LogP contribution in [0.4, 0.5) is 24.8 Å². The Bertz CT molecular complexity index is 436. The summed E-state index contributed by atoms with van der Waals surface area (Å²) in [5.41, 5.74) is 2.14. The first-order chi connectivity index (χ1) is 9.90. The monoisotopic (exact) mass is 305 g/mol. The van der Waals surface area contributed by atoms with Gasteiger partial charge in [0.25, 0.3) is 0 Å². The van der Waals surface area contributed by atoms with Gasteiger partial charge in [-0.25, -0.2) is 15.8 Å². The summed E-state index contributed by atoms with van der Waals surface area (Å²) in [6.07, 6.45) is 0.150. The van der Waals surface area contributed by atoms with Gasteiger partial charge in [0.15, 0.2) is 0 Å². The SMILES string of the molecule is CCCCC(CCC)Nc1cc(NN)nc(C(F)(F)F)n1. The van der Waals surface area contributed by atoms with Gasteiger partial charge in [-0.3, -0.25) is 0 Å². The van der Waals surface area contributed by atoms with E-state index in [1.165, 1.54) is 6.07 Å². The van der Waals surface area contributed by atoms with Gasteiger partial charge in [0.2, 0.25) is 5.82 Å². The summed E-state index contributed by atoms with van der Waals surface area (Å²) < 4.78 is 38.3. The van der Waals surface area contributed by atoms with E-state index in [2.05, 4.69) is 27.6 Å². The average molecular weight is 305 g/mol. The van der Waals surface area contributed by atoms with Crippen LogP contribution in [0.2, 0.25) is 0 Å². The van der Waals surface area contributed by atoms with Gasteiger partial charge in [0.1, 0.15) is 11.6 Å². The Morgan fingerprint density at radius 3 is 2.33 bits per heavy atom. The number of nitrogens with one attached hydrogen (secondary N) is 2. The van der Waals surface area contributed by atoms with Crippen molar-refractivity contribution in [2.75, 3.05) is 10.7 Å². The van der Waals surface area contributed by atoms with Crippen LogP contribution in [0.25, 0.3) is 0 Å². The summed E-state index contributed by atoms with van der Waals surface area (Å²) in [5.74, 6) is 4.04. The minimum absolute atomic E-state index is 0.0643. The van der Waals surface area contributed by atoms with Crippen LogP contribution < -0.4 is 16.6 Å². The molecule has 8 heteroatoms. The fourth-order valence-electron chi connectivity index (χ4n) is 2.02. The fraction of sp³-hybridized carbons (Fsp3) is 0.692. The molecule has 1 heterocycles. The third-order valence-electron chi connectivity index (χ3n) is 3.02. The van der Waals surface area contributed by atoms with Gasteiger partial charge in [-0.1, -0.05) is 33.1 Å². The van der Waals surface area contributed by atoms with Crippen LogP contribution >= 0.6 is 0 Å². The molecule has 0 aliphatic heterocycles. The molecule has 1 rings (SSSR count). The van der Waals surface area contributed by atoms with Crippen molar-refractivity contribution < 1.29 is 13.2 Å². The Labute approximate surface area is 122 Å². The molecule has 1 unspecified atom stereocenters. The molecule has 21 heavy (non-hydrogen) atoms. The van der Waals surface area contributed by atoms with Crippen molar-refractivity contribution >= 4 is 11.6 Å². The van der Waals surface area contributed by atoms with Crippen molar-refractivity contribution in [3.8, 4) is 0 Å². The lowest BCUT2D eigenvalue weighted by Gasteiger charge is -2.19. The smallest absolute Gasteiger partial charge is 0.367 e. The highest BCUT2D eigenvalue weighted by Crippen LogP contribution is 2.28. The molecule has 0 radical (unpaired) electrons. The van der Waals surface area contributed by atoms with E-state index in [9.17, 15) is 13.2 Å². The van der Waals surface area contributed by atoms with Crippen molar-refractivity contribution in [1.82, 2.24) is 9.97 Å². The highest BCUT2D eigenvalue weighted by atomic mass is 19.4. The van der Waals surface area contributed by atoms with Crippen LogP contribution in [0.3, 0.4) is 0 Å². The molecule has 1 aromatic rings. The van der Waals surface area contributed by atoms with Crippen LogP contribution in [0.1, 0.15) is 51.8 Å². The second kappa shape index (κ2) is 8.02. The summed E-state index contributed by atoms with van der Waals surface area (Å²) in [7, 11) is 0. The van der Waals surface area contributed by atoms with Gasteiger partial charge >= 0.3 is 6.18 Å². The molecular formula is C13H22F3N5. The van der Waals surface area contributed by atoms with Gasteiger partial charge < -0.3 is 10.7 Å². The Morgan fingerprint density at radius 2 is 1.81 bits per heavy atom. The minimum atomic E-state index is -4.60. The summed E-state index contributed by atoms with van der Waals surface area (Å²) in [6, 6.07) is 1.47. The number of hydrogen-bond donors (Lipinski definition) is 3. The molecule has 1 atom stereocenters. The third-order valence-corrected chi connectivity index (χ3v) is 3.02. The van der Waals surface area contributed by atoms with E-state index in [1.54, 1.807) is 0 Å². The standard InChI is InChI=1S/C13H22F3N5/c1-3-5-7-9(6-4-2)18-10-8-11(21-17)20-12(19-10)13(14,15)16/h8-9H,3-7,17H2,1-2H3,(H2,18,19,20,21). The van der Waals surface area contributed by atoms with Crippen molar-refractivity contribution in [3.63, 3.8) is 0 Å². The van der Waals surface area contributed by atoms with Crippen LogP contribution in [0.5, 0.6) is 0 Å². The van der Waals surface area contributed by atoms with Crippen molar-refractivity contribution in [2.45, 2.75) is 58.2 Å². The predicted molar refractivity (Wildman–Crippen MR) is 76.7 cm³/mol. The molecule has 0 amide bonds. The number of hydrogen-bond acceptors (Lipinski definition) is 5. The molecular weight excluding hydrogens is 283 g/mol. The topological polar surface area (TPSA) is 75.9 Å². The van der Waals surface area contributed by atoms with Crippen molar-refractivity contribution in [3.05, 3.63) is 11.9 Å². The van der Waals surface area contributed by atoms with E-state index in [0.29, 0.717) is 0 Å². The molecule has 0 saturated carbocycles. The molecule has 0 spiro atoms. The second-order valence-electron chi connectivity index (χ2n) is 4.88. The number of rotatable bonds is 8. The normalized spacial score (nSPS) is 13.0. The average Bonchev–Trinajstić information content (AvgIpc) is 2.43. The van der Waals surface area contributed by atoms with E-state index in [4.69, 9.17) is 5.84 Å². The van der Waals surface area contributed by atoms with E-state index in [-0.39, 0.29) is 17.7 Å². The number of aromatic nitrogens is 2. The zero-order chi connectivity index (χ0) is 15.9. The fourth-order valence-corrected chi connectivity index (χ4v) is 2.02. The molecule has 1 aromatic heterocycles. The Balaban J connectivity index is 2.94. The lowest BCUT2D eigenvalue weighted by atomic mass is 10.1. The summed E-state index contributed by atoms with van der Waals surface area (Å²) >= 11 is 0. The number of halogens is 3. The largest absolute Gasteiger partial charge is 0.451 e. The maximum absolute atomic E-state index is 12.8. The van der Waals surface area contributed by atoms with Gasteiger partial charge in [-0.2, -0.15) is 13.2 Å². The summed E-state index contributed by atoms with van der Waals surface area (Å²) in [6.45, 7) is 4.11. The highest BCUT2D eigenvalue weighted by molar-refractivity contribution is 5.47. The molecule has 4 N–H and O–H groups in total. The van der Waals surface area contributed by atoms with Crippen LogP contribution in [0.15, 0.2) is 6.07 Å². The highest BCUT2D eigenvalue weighted by Gasteiger charge is 2.35. The summed E-state index contributed by atoms with van der Waals surface area (Å²) in [5, 5.41) is 3.06. The third kappa shape index (κ3) is 5.74. The zero-order valence-corrected chi connectivity index (χ0v) is 12.3. The maximum Gasteiger partial charge on any atom is 0.451 e. The lowest BCUT2D eigenvalue weighted by Crippen LogP contribution is -2.22. The van der Waals surface area contributed by atoms with E-state index in [0.717, 1.165) is 32.1 Å². The van der Waals surface area contributed by atoms with Crippen LogP contribution in [-0.4, -0.2) is 16.0 Å². The number of nitrogens with two attached hydrogens (primary N) is 1. The number of anilines is 2. The second-order valence-corrected chi connectivity index (χ2v) is 4.88. The first kappa shape index (κ1) is 17.5. The number of alkyl halides is 3. The first-order valence-electron chi connectivity index (χ1n) is 7.10. The predicted octanol–water partition coefficient (Wildman–Crippen LogP) is 3.55. The molecule has 5 nitrogen and oxygen atoms in total. The Morgan fingerprint density at radius 1 is 1.14 bits per heavy atom. The Hall–Kier alpha value is -1.57. The number of nitrogen functional groups attached to an aromatic ring is 1. The van der Waals surface area contributed by atoms with Crippen molar-refractivity contribution in [1.29, 1.82) is 0 Å². The zero-order valence-electron chi connectivity index (χ0n) is 12.3. The molecule has 0 aliphatic carbocycles. The number of nitrogens with zero attached hydrogens (tertiary/aromatic N) is 2. The van der Waals surface area contributed by atoms with Gasteiger partial charge in [-0.05, 0) is 12.8 Å². The molecule has 0 bridgehead atoms. The van der Waals surface area contributed by atoms with Gasteiger partial charge in [-0.15, -0.1) is 0 Å². The minimum Gasteiger partial charge on any atom is -0.367 e. The van der Waals surface area contributed by atoms with E-state index in [1.807, 2.05) is 6.92 Å². The quantitative estimate of drug-likeness (QED) is 0.506. The number of unbranched alkanes of at least 4 members (excludes halogenated alkanes) is 1. The van der Waals surface area contributed by atoms with E-state index < -0.39 is 12.0 Å². The lowest BCUT2D eigenvalue weighted by molar-refractivity contribution is -0.144.